The second-order valence-electron chi connectivity index (χ2n) is 4.50. The van der Waals surface area contributed by atoms with Crippen LogP contribution in [0.15, 0.2) is 40.9 Å². The highest BCUT2D eigenvalue weighted by atomic mass is 79.9. The van der Waals surface area contributed by atoms with E-state index in [1.165, 1.54) is 6.07 Å². The number of nitrogens with one attached hydrogen (secondary N) is 1. The molecule has 4 heteroatoms. The molecule has 1 nitrogen and oxygen atoms in total. The van der Waals surface area contributed by atoms with Gasteiger partial charge in [0.15, 0.2) is 11.6 Å². The minimum atomic E-state index is -0.824. The standard InChI is InChI=1S/C15H14BrF2N/c1-9-7-12(4-5-13(9)16)19-10(2)11-3-6-14(17)15(18)8-11/h3-8,10,19H,1-2H3. The molecule has 1 unspecified atom stereocenters. The number of rotatable bonds is 3. The van der Waals surface area contributed by atoms with Crippen LogP contribution in [0.2, 0.25) is 0 Å². The lowest BCUT2D eigenvalue weighted by Gasteiger charge is -2.16. The largest absolute Gasteiger partial charge is 0.379 e. The van der Waals surface area contributed by atoms with Gasteiger partial charge in [-0.3, -0.25) is 0 Å². The minimum Gasteiger partial charge on any atom is -0.379 e. The summed E-state index contributed by atoms with van der Waals surface area (Å²) in [6.45, 7) is 3.90. The van der Waals surface area contributed by atoms with Crippen molar-refractivity contribution in [1.29, 1.82) is 0 Å². The summed E-state index contributed by atoms with van der Waals surface area (Å²) in [6.07, 6.45) is 0. The Balaban J connectivity index is 2.17. The van der Waals surface area contributed by atoms with E-state index in [0.29, 0.717) is 5.56 Å². The molecule has 0 saturated carbocycles. The fourth-order valence-corrected chi connectivity index (χ4v) is 2.10. The van der Waals surface area contributed by atoms with Crippen molar-refractivity contribution in [2.45, 2.75) is 19.9 Å². The maximum absolute atomic E-state index is 13.2. The van der Waals surface area contributed by atoms with Gasteiger partial charge in [-0.05, 0) is 55.3 Å². The van der Waals surface area contributed by atoms with Gasteiger partial charge in [0, 0.05) is 16.2 Å². The first-order valence-corrected chi connectivity index (χ1v) is 6.74. The molecule has 1 atom stereocenters. The number of hydrogen-bond acceptors (Lipinski definition) is 1. The van der Waals surface area contributed by atoms with E-state index in [9.17, 15) is 8.78 Å². The van der Waals surface area contributed by atoms with Crippen LogP contribution in [0.5, 0.6) is 0 Å². The Bertz CT molecular complexity index is 599. The molecule has 0 saturated heterocycles. The first-order chi connectivity index (χ1) is 8.97. The molecule has 0 aromatic heterocycles. The monoisotopic (exact) mass is 325 g/mol. The first kappa shape index (κ1) is 14.0. The molecule has 0 spiro atoms. The Labute approximate surface area is 119 Å². The Kier molecular flexibility index (Phi) is 4.20. The predicted octanol–water partition coefficient (Wildman–Crippen LogP) is 5.21. The Morgan fingerprint density at radius 3 is 2.42 bits per heavy atom. The van der Waals surface area contributed by atoms with Crippen molar-refractivity contribution < 1.29 is 8.78 Å². The van der Waals surface area contributed by atoms with Gasteiger partial charge in [-0.2, -0.15) is 0 Å². The number of benzene rings is 2. The molecule has 0 aliphatic heterocycles. The fourth-order valence-electron chi connectivity index (χ4n) is 1.85. The van der Waals surface area contributed by atoms with Gasteiger partial charge in [-0.1, -0.05) is 22.0 Å². The highest BCUT2D eigenvalue weighted by molar-refractivity contribution is 9.10. The number of halogens is 3. The third-order valence-electron chi connectivity index (χ3n) is 2.98. The summed E-state index contributed by atoms with van der Waals surface area (Å²) in [5.74, 6) is -1.64. The third kappa shape index (κ3) is 3.32. The average molecular weight is 326 g/mol. The summed E-state index contributed by atoms with van der Waals surface area (Å²) in [6, 6.07) is 9.75. The number of aryl methyl sites for hydroxylation is 1. The van der Waals surface area contributed by atoms with E-state index in [1.807, 2.05) is 32.0 Å². The van der Waals surface area contributed by atoms with E-state index in [-0.39, 0.29) is 6.04 Å². The zero-order chi connectivity index (χ0) is 14.0. The average Bonchev–Trinajstić information content (AvgIpc) is 2.37. The Morgan fingerprint density at radius 2 is 1.79 bits per heavy atom. The molecule has 0 radical (unpaired) electrons. The summed E-state index contributed by atoms with van der Waals surface area (Å²) in [7, 11) is 0. The number of hydrogen-bond donors (Lipinski definition) is 1. The van der Waals surface area contributed by atoms with E-state index in [1.54, 1.807) is 6.07 Å². The molecule has 2 aromatic carbocycles. The van der Waals surface area contributed by atoms with Crippen molar-refractivity contribution in [2.24, 2.45) is 0 Å². The maximum atomic E-state index is 13.2. The van der Waals surface area contributed by atoms with Crippen LogP contribution in [0.1, 0.15) is 24.1 Å². The molecule has 0 aliphatic rings. The third-order valence-corrected chi connectivity index (χ3v) is 3.87. The lowest BCUT2D eigenvalue weighted by Crippen LogP contribution is -2.07. The zero-order valence-electron chi connectivity index (χ0n) is 10.7. The van der Waals surface area contributed by atoms with Gasteiger partial charge in [0.1, 0.15) is 0 Å². The summed E-state index contributed by atoms with van der Waals surface area (Å²) in [5, 5.41) is 3.26. The van der Waals surface area contributed by atoms with Crippen LogP contribution in [-0.4, -0.2) is 0 Å². The van der Waals surface area contributed by atoms with Crippen molar-refractivity contribution in [3.8, 4) is 0 Å². The van der Waals surface area contributed by atoms with Gasteiger partial charge in [-0.15, -0.1) is 0 Å². The van der Waals surface area contributed by atoms with Crippen LogP contribution in [0.3, 0.4) is 0 Å². The second-order valence-corrected chi connectivity index (χ2v) is 5.36. The second kappa shape index (κ2) is 5.70. The van der Waals surface area contributed by atoms with Gasteiger partial charge in [0.05, 0.1) is 0 Å². The first-order valence-electron chi connectivity index (χ1n) is 5.95. The smallest absolute Gasteiger partial charge is 0.159 e. The lowest BCUT2D eigenvalue weighted by atomic mass is 10.1. The van der Waals surface area contributed by atoms with Crippen molar-refractivity contribution in [2.75, 3.05) is 5.32 Å². The van der Waals surface area contributed by atoms with Crippen molar-refractivity contribution >= 4 is 21.6 Å². The highest BCUT2D eigenvalue weighted by Gasteiger charge is 2.09. The Hall–Kier alpha value is -1.42. The van der Waals surface area contributed by atoms with Crippen LogP contribution in [0.4, 0.5) is 14.5 Å². The van der Waals surface area contributed by atoms with Gasteiger partial charge in [0.25, 0.3) is 0 Å². The van der Waals surface area contributed by atoms with E-state index in [0.717, 1.165) is 21.8 Å². The molecule has 100 valence electrons. The topological polar surface area (TPSA) is 12.0 Å². The van der Waals surface area contributed by atoms with Crippen LogP contribution < -0.4 is 5.32 Å². The van der Waals surface area contributed by atoms with Crippen LogP contribution in [0.25, 0.3) is 0 Å². The van der Waals surface area contributed by atoms with E-state index in [2.05, 4.69) is 21.2 Å². The maximum Gasteiger partial charge on any atom is 0.159 e. The summed E-state index contributed by atoms with van der Waals surface area (Å²) < 4.78 is 27.1. The molecule has 0 heterocycles. The molecule has 0 fully saturated rings. The van der Waals surface area contributed by atoms with E-state index in [4.69, 9.17) is 0 Å². The zero-order valence-corrected chi connectivity index (χ0v) is 12.3. The summed E-state index contributed by atoms with van der Waals surface area (Å²) in [5.41, 5.74) is 2.76. The summed E-state index contributed by atoms with van der Waals surface area (Å²) >= 11 is 3.44. The fraction of sp³-hybridized carbons (Fsp3) is 0.200. The van der Waals surface area contributed by atoms with Crippen LogP contribution >= 0.6 is 15.9 Å². The lowest BCUT2D eigenvalue weighted by molar-refractivity contribution is 0.506. The van der Waals surface area contributed by atoms with Crippen molar-refractivity contribution in [3.63, 3.8) is 0 Å². The van der Waals surface area contributed by atoms with E-state index >= 15 is 0 Å². The van der Waals surface area contributed by atoms with E-state index < -0.39 is 11.6 Å². The van der Waals surface area contributed by atoms with Crippen LogP contribution in [-0.2, 0) is 0 Å². The molecular weight excluding hydrogens is 312 g/mol. The minimum absolute atomic E-state index is 0.101. The molecule has 19 heavy (non-hydrogen) atoms. The summed E-state index contributed by atoms with van der Waals surface area (Å²) in [4.78, 5) is 0. The normalized spacial score (nSPS) is 12.3. The van der Waals surface area contributed by atoms with Gasteiger partial charge in [0.2, 0.25) is 0 Å². The predicted molar refractivity (Wildman–Crippen MR) is 77.3 cm³/mol. The van der Waals surface area contributed by atoms with Gasteiger partial charge in [-0.25, -0.2) is 8.78 Å². The van der Waals surface area contributed by atoms with Crippen molar-refractivity contribution in [3.05, 3.63) is 63.6 Å². The highest BCUT2D eigenvalue weighted by Crippen LogP contribution is 2.24. The molecule has 1 N–H and O–H groups in total. The quantitative estimate of drug-likeness (QED) is 0.816. The van der Waals surface area contributed by atoms with Gasteiger partial charge < -0.3 is 5.32 Å². The molecular formula is C15H14BrF2N. The SMILES string of the molecule is Cc1cc(NC(C)c2ccc(F)c(F)c2)ccc1Br. The van der Waals surface area contributed by atoms with Crippen LogP contribution in [0, 0.1) is 18.6 Å². The molecule has 2 aromatic rings. The number of anilines is 1. The molecule has 0 bridgehead atoms. The Morgan fingerprint density at radius 1 is 1.05 bits per heavy atom. The van der Waals surface area contributed by atoms with Gasteiger partial charge >= 0.3 is 0 Å². The van der Waals surface area contributed by atoms with Crippen molar-refractivity contribution in [1.82, 2.24) is 0 Å². The molecule has 2 rings (SSSR count). The molecule has 0 aliphatic carbocycles. The molecule has 0 amide bonds.